The minimum atomic E-state index is -1.08. The van der Waals surface area contributed by atoms with Crippen molar-refractivity contribution in [3.8, 4) is 11.5 Å². The maximum absolute atomic E-state index is 15.3. The summed E-state index contributed by atoms with van der Waals surface area (Å²) in [5, 5.41) is 3.84. The minimum Gasteiger partial charge on any atom is -0.486 e. The molecule has 10 heteroatoms. The number of hydrogen-bond acceptors (Lipinski definition) is 6. The number of halogens is 2. The van der Waals surface area contributed by atoms with Gasteiger partial charge in [0.1, 0.15) is 25.9 Å². The molecule has 41 heavy (non-hydrogen) atoms. The third-order valence-corrected chi connectivity index (χ3v) is 8.48. The van der Waals surface area contributed by atoms with Gasteiger partial charge in [0.2, 0.25) is 11.2 Å². The standard InChI is InChI=1S/C31H27F2N3O4S/c1-19-20(2)41-17-23(19)27-22-10-11-24(32)26(33)29(22)39-15-7-6-13-34-18-36(27)35-14-12-25(37)30(28(35)31(34)38)40-16-21-8-4-3-5-9-21/h3-12,14,17,27H,13,15-16,18H2,1-2H3/b7-6-. The number of nitrogens with zero attached hydrogens (tertiary/aromatic N) is 3. The average molecular weight is 576 g/mol. The lowest BCUT2D eigenvalue weighted by atomic mass is 9.95. The number of aromatic nitrogens is 1. The first-order chi connectivity index (χ1) is 19.8. The summed E-state index contributed by atoms with van der Waals surface area (Å²) in [6.45, 7) is 4.36. The van der Waals surface area contributed by atoms with E-state index in [1.807, 2.05) is 54.6 Å². The van der Waals surface area contributed by atoms with E-state index < -0.39 is 23.1 Å². The van der Waals surface area contributed by atoms with Gasteiger partial charge < -0.3 is 14.4 Å². The fraction of sp³-hybridized carbons (Fsp3) is 0.226. The first-order valence-corrected chi connectivity index (χ1v) is 14.0. The molecular weight excluding hydrogens is 548 g/mol. The van der Waals surface area contributed by atoms with Gasteiger partial charge in [-0.15, -0.1) is 11.3 Å². The molecule has 0 saturated carbocycles. The maximum Gasteiger partial charge on any atom is 0.278 e. The molecule has 1 unspecified atom stereocenters. The Morgan fingerprint density at radius 1 is 1.02 bits per heavy atom. The number of fused-ring (bicyclic) bond motifs is 5. The number of carbonyl (C=O) groups excluding carboxylic acids is 1. The molecule has 0 aliphatic carbocycles. The fourth-order valence-electron chi connectivity index (χ4n) is 5.19. The molecular formula is C31H27F2N3O4S. The summed E-state index contributed by atoms with van der Waals surface area (Å²) in [5.41, 5.74) is 2.69. The van der Waals surface area contributed by atoms with Crippen LogP contribution in [0, 0.1) is 25.5 Å². The monoisotopic (exact) mass is 575 g/mol. The summed E-state index contributed by atoms with van der Waals surface area (Å²) in [5.74, 6) is -2.75. The third-order valence-electron chi connectivity index (χ3n) is 7.45. The molecule has 2 aromatic heterocycles. The number of amides is 1. The van der Waals surface area contributed by atoms with Gasteiger partial charge in [0.05, 0.1) is 0 Å². The number of ether oxygens (including phenoxy) is 2. The first kappa shape index (κ1) is 26.8. The largest absolute Gasteiger partial charge is 0.486 e. The number of pyridine rings is 1. The van der Waals surface area contributed by atoms with Gasteiger partial charge in [-0.25, -0.2) is 4.39 Å². The number of hydrogen-bond donors (Lipinski definition) is 0. The summed E-state index contributed by atoms with van der Waals surface area (Å²) in [7, 11) is 0. The van der Waals surface area contributed by atoms with E-state index in [2.05, 4.69) is 0 Å². The maximum atomic E-state index is 15.3. The summed E-state index contributed by atoms with van der Waals surface area (Å²) < 4.78 is 43.2. The van der Waals surface area contributed by atoms with Gasteiger partial charge in [0, 0.05) is 29.2 Å². The van der Waals surface area contributed by atoms with Crippen LogP contribution in [0.5, 0.6) is 11.5 Å². The van der Waals surface area contributed by atoms with Gasteiger partial charge >= 0.3 is 0 Å². The molecule has 0 fully saturated rings. The van der Waals surface area contributed by atoms with Gasteiger partial charge in [-0.2, -0.15) is 4.39 Å². The summed E-state index contributed by atoms with van der Waals surface area (Å²) in [6, 6.07) is 12.6. The van der Waals surface area contributed by atoms with E-state index in [-0.39, 0.29) is 49.5 Å². The van der Waals surface area contributed by atoms with Crippen molar-refractivity contribution in [1.82, 2.24) is 9.58 Å². The number of benzene rings is 2. The van der Waals surface area contributed by atoms with Crippen LogP contribution < -0.4 is 19.9 Å². The van der Waals surface area contributed by atoms with Crippen LogP contribution in [0.1, 0.15) is 43.7 Å². The highest BCUT2D eigenvalue weighted by molar-refractivity contribution is 7.10. The molecule has 2 aromatic carbocycles. The molecule has 4 heterocycles. The number of rotatable bonds is 4. The van der Waals surface area contributed by atoms with Crippen molar-refractivity contribution in [3.05, 3.63) is 127 Å². The van der Waals surface area contributed by atoms with Gasteiger partial charge in [-0.3, -0.25) is 19.3 Å². The molecule has 210 valence electrons. The van der Waals surface area contributed by atoms with Crippen molar-refractivity contribution in [1.29, 1.82) is 0 Å². The van der Waals surface area contributed by atoms with Crippen molar-refractivity contribution >= 4 is 17.2 Å². The van der Waals surface area contributed by atoms with E-state index in [0.29, 0.717) is 5.56 Å². The van der Waals surface area contributed by atoms with Crippen molar-refractivity contribution in [2.45, 2.75) is 26.5 Å². The van der Waals surface area contributed by atoms with Crippen LogP contribution in [0.25, 0.3) is 0 Å². The van der Waals surface area contributed by atoms with Crippen molar-refractivity contribution in [3.63, 3.8) is 0 Å². The van der Waals surface area contributed by atoms with Crippen molar-refractivity contribution < 1.29 is 23.0 Å². The number of thiophene rings is 1. The Morgan fingerprint density at radius 3 is 2.59 bits per heavy atom. The Kier molecular flexibility index (Phi) is 7.08. The Hall–Kier alpha value is -4.44. The minimum absolute atomic E-state index is 0.0139. The molecule has 1 atom stereocenters. The summed E-state index contributed by atoms with van der Waals surface area (Å²) in [6.07, 6.45) is 4.92. The van der Waals surface area contributed by atoms with E-state index in [1.165, 1.54) is 18.3 Å². The van der Waals surface area contributed by atoms with Crippen molar-refractivity contribution in [2.24, 2.45) is 0 Å². The van der Waals surface area contributed by atoms with E-state index in [4.69, 9.17) is 9.47 Å². The Morgan fingerprint density at radius 2 is 1.83 bits per heavy atom. The second-order valence-corrected chi connectivity index (χ2v) is 11.0. The second-order valence-electron chi connectivity index (χ2n) is 9.92. The van der Waals surface area contributed by atoms with Crippen LogP contribution in [-0.4, -0.2) is 35.3 Å². The molecule has 2 bridgehead atoms. The topological polar surface area (TPSA) is 64.0 Å². The molecule has 4 aromatic rings. The number of carbonyl (C=O) groups is 1. The molecule has 0 spiro atoms. The Bertz CT molecular complexity index is 1720. The molecule has 7 nitrogen and oxygen atoms in total. The predicted octanol–water partition coefficient (Wildman–Crippen LogP) is 5.47. The smallest absolute Gasteiger partial charge is 0.278 e. The van der Waals surface area contributed by atoms with Gasteiger partial charge in [-0.1, -0.05) is 36.4 Å². The van der Waals surface area contributed by atoms with E-state index >= 15 is 4.39 Å². The molecule has 0 saturated heterocycles. The van der Waals surface area contributed by atoms with Gasteiger partial charge in [0.25, 0.3) is 5.91 Å². The van der Waals surface area contributed by atoms with Gasteiger partial charge in [0.15, 0.2) is 23.0 Å². The molecule has 6 rings (SSSR count). The normalized spacial score (nSPS) is 17.3. The molecule has 0 radical (unpaired) electrons. The zero-order chi connectivity index (χ0) is 28.7. The van der Waals surface area contributed by atoms with Gasteiger partial charge in [-0.05, 0) is 54.1 Å². The quantitative estimate of drug-likeness (QED) is 0.302. The molecule has 0 N–H and O–H groups in total. The molecule has 2 aliphatic heterocycles. The predicted molar refractivity (Wildman–Crippen MR) is 152 cm³/mol. The Balaban J connectivity index is 1.58. The van der Waals surface area contributed by atoms with E-state index in [9.17, 15) is 14.0 Å². The lowest BCUT2D eigenvalue weighted by Gasteiger charge is -2.44. The lowest BCUT2D eigenvalue weighted by molar-refractivity contribution is 0.0698. The summed E-state index contributed by atoms with van der Waals surface area (Å²) >= 11 is 1.54. The fourth-order valence-corrected chi connectivity index (χ4v) is 6.10. The third kappa shape index (κ3) is 4.78. The SMILES string of the molecule is Cc1scc(C2c3ccc(F)c(F)c3OC/C=C\CN3CN2n2ccc(=O)c(OCc4ccccc4)c2C3=O)c1C. The van der Waals surface area contributed by atoms with Crippen LogP contribution in [0.4, 0.5) is 8.78 Å². The van der Waals surface area contributed by atoms with Crippen LogP contribution >= 0.6 is 11.3 Å². The summed E-state index contributed by atoms with van der Waals surface area (Å²) in [4.78, 5) is 29.7. The van der Waals surface area contributed by atoms with E-state index in [0.717, 1.165) is 27.6 Å². The van der Waals surface area contributed by atoms with Crippen molar-refractivity contribution in [2.75, 3.05) is 24.8 Å². The van der Waals surface area contributed by atoms with Crippen LogP contribution in [0.15, 0.2) is 77.1 Å². The molecule has 2 aliphatic rings. The zero-order valence-corrected chi connectivity index (χ0v) is 23.3. The van der Waals surface area contributed by atoms with E-state index in [1.54, 1.807) is 33.1 Å². The number of aryl methyl sites for hydroxylation is 1. The Labute approximate surface area is 239 Å². The average Bonchev–Trinajstić information content (AvgIpc) is 3.29. The van der Waals surface area contributed by atoms with Crippen LogP contribution in [-0.2, 0) is 6.61 Å². The first-order valence-electron chi connectivity index (χ1n) is 13.1. The highest BCUT2D eigenvalue weighted by Gasteiger charge is 2.39. The lowest BCUT2D eigenvalue weighted by Crippen LogP contribution is -2.55. The molecule has 1 amide bonds. The highest BCUT2D eigenvalue weighted by atomic mass is 32.1. The highest BCUT2D eigenvalue weighted by Crippen LogP contribution is 2.41. The van der Waals surface area contributed by atoms with Crippen LogP contribution in [0.2, 0.25) is 0 Å². The second kappa shape index (κ2) is 10.9. The van der Waals surface area contributed by atoms with Crippen LogP contribution in [0.3, 0.4) is 0 Å². The zero-order valence-electron chi connectivity index (χ0n) is 22.5.